The first-order valence-corrected chi connectivity index (χ1v) is 5.63. The van der Waals surface area contributed by atoms with E-state index in [0.29, 0.717) is 5.13 Å². The second-order valence-corrected chi connectivity index (χ2v) is 4.41. The van der Waals surface area contributed by atoms with Crippen LogP contribution in [0.1, 0.15) is 11.8 Å². The number of aryl methyl sites for hydroxylation is 1. The molecular formula is C11H13N3S. The average Bonchev–Trinajstić information content (AvgIpc) is 2.61. The summed E-state index contributed by atoms with van der Waals surface area (Å²) >= 11 is 1.55. The Morgan fingerprint density at radius 2 is 1.87 bits per heavy atom. The van der Waals surface area contributed by atoms with Gasteiger partial charge in [-0.2, -0.15) is 0 Å². The zero-order valence-electron chi connectivity index (χ0n) is 8.53. The summed E-state index contributed by atoms with van der Waals surface area (Å²) in [5, 5.41) is 0.624. The van der Waals surface area contributed by atoms with E-state index < -0.39 is 0 Å². The van der Waals surface area contributed by atoms with E-state index in [4.69, 9.17) is 11.5 Å². The van der Waals surface area contributed by atoms with Crippen LogP contribution in [0.25, 0.3) is 11.3 Å². The number of nitrogens with zero attached hydrogens (tertiary/aromatic N) is 1. The van der Waals surface area contributed by atoms with Gasteiger partial charge in [0, 0.05) is 16.1 Å². The molecule has 0 amide bonds. The Hall–Kier alpha value is -1.55. The summed E-state index contributed by atoms with van der Waals surface area (Å²) in [5.74, 6) is 0. The fourth-order valence-electron chi connectivity index (χ4n) is 1.48. The van der Waals surface area contributed by atoms with Crippen molar-refractivity contribution in [2.24, 2.45) is 0 Å². The molecule has 0 aliphatic heterocycles. The number of nitrogens with two attached hydrogens (primary N) is 2. The minimum Gasteiger partial charge on any atom is -0.399 e. The van der Waals surface area contributed by atoms with Crippen molar-refractivity contribution in [3.8, 4) is 11.3 Å². The number of nitrogen functional groups attached to an aromatic ring is 2. The van der Waals surface area contributed by atoms with Crippen LogP contribution in [-0.4, -0.2) is 4.98 Å². The molecule has 1 aromatic carbocycles. The molecule has 15 heavy (non-hydrogen) atoms. The first-order chi connectivity index (χ1) is 7.20. The zero-order chi connectivity index (χ0) is 10.8. The molecule has 0 saturated carbocycles. The minimum atomic E-state index is 0.624. The lowest BCUT2D eigenvalue weighted by Gasteiger charge is -2.00. The van der Waals surface area contributed by atoms with E-state index in [9.17, 15) is 0 Å². The molecule has 2 aromatic rings. The summed E-state index contributed by atoms with van der Waals surface area (Å²) in [6.45, 7) is 2.10. The Morgan fingerprint density at radius 1 is 1.20 bits per heavy atom. The van der Waals surface area contributed by atoms with Gasteiger partial charge in [-0.05, 0) is 18.6 Å². The molecule has 1 heterocycles. The number of rotatable bonds is 2. The smallest absolute Gasteiger partial charge is 0.180 e. The van der Waals surface area contributed by atoms with E-state index in [0.717, 1.165) is 23.4 Å². The average molecular weight is 219 g/mol. The van der Waals surface area contributed by atoms with Crippen LogP contribution in [0.3, 0.4) is 0 Å². The van der Waals surface area contributed by atoms with Gasteiger partial charge in [-0.15, -0.1) is 11.3 Å². The molecule has 0 aliphatic rings. The van der Waals surface area contributed by atoms with Crippen molar-refractivity contribution in [2.45, 2.75) is 13.3 Å². The normalized spacial score (nSPS) is 10.5. The van der Waals surface area contributed by atoms with E-state index in [-0.39, 0.29) is 0 Å². The number of benzene rings is 1. The van der Waals surface area contributed by atoms with Crippen LogP contribution in [0, 0.1) is 0 Å². The van der Waals surface area contributed by atoms with Gasteiger partial charge in [-0.25, -0.2) is 4.98 Å². The predicted octanol–water partition coefficient (Wildman–Crippen LogP) is 2.54. The zero-order valence-corrected chi connectivity index (χ0v) is 9.34. The molecule has 0 atom stereocenters. The van der Waals surface area contributed by atoms with Crippen molar-refractivity contribution in [3.05, 3.63) is 29.1 Å². The Morgan fingerprint density at radius 3 is 2.47 bits per heavy atom. The van der Waals surface area contributed by atoms with Crippen molar-refractivity contribution in [3.63, 3.8) is 0 Å². The van der Waals surface area contributed by atoms with Gasteiger partial charge in [0.25, 0.3) is 0 Å². The summed E-state index contributed by atoms with van der Waals surface area (Å²) in [6.07, 6.45) is 0.953. The van der Waals surface area contributed by atoms with Gasteiger partial charge in [0.2, 0.25) is 0 Å². The van der Waals surface area contributed by atoms with Crippen LogP contribution in [0.5, 0.6) is 0 Å². The van der Waals surface area contributed by atoms with Gasteiger partial charge in [0.1, 0.15) is 0 Å². The molecule has 0 spiro atoms. The number of aromatic nitrogens is 1. The third-order valence-corrected chi connectivity index (χ3v) is 3.25. The first-order valence-electron chi connectivity index (χ1n) is 4.81. The molecule has 0 unspecified atom stereocenters. The second kappa shape index (κ2) is 3.90. The van der Waals surface area contributed by atoms with Gasteiger partial charge < -0.3 is 11.5 Å². The molecule has 0 fully saturated rings. The molecule has 0 radical (unpaired) electrons. The van der Waals surface area contributed by atoms with Crippen molar-refractivity contribution in [2.75, 3.05) is 11.5 Å². The van der Waals surface area contributed by atoms with Crippen LogP contribution < -0.4 is 11.5 Å². The van der Waals surface area contributed by atoms with Gasteiger partial charge in [0.15, 0.2) is 5.13 Å². The molecule has 1 aromatic heterocycles. The second-order valence-electron chi connectivity index (χ2n) is 3.30. The maximum Gasteiger partial charge on any atom is 0.180 e. The Labute approximate surface area is 92.8 Å². The van der Waals surface area contributed by atoms with Crippen LogP contribution in [0.2, 0.25) is 0 Å². The maximum absolute atomic E-state index is 5.70. The van der Waals surface area contributed by atoms with Crippen molar-refractivity contribution in [1.29, 1.82) is 0 Å². The van der Waals surface area contributed by atoms with Gasteiger partial charge >= 0.3 is 0 Å². The molecule has 2 rings (SSSR count). The summed E-state index contributed by atoms with van der Waals surface area (Å²) in [6, 6.07) is 7.71. The van der Waals surface area contributed by atoms with E-state index in [2.05, 4.69) is 11.9 Å². The highest BCUT2D eigenvalue weighted by molar-refractivity contribution is 7.15. The van der Waals surface area contributed by atoms with Crippen molar-refractivity contribution in [1.82, 2.24) is 4.98 Å². The topological polar surface area (TPSA) is 64.9 Å². The van der Waals surface area contributed by atoms with Crippen LogP contribution in [-0.2, 0) is 6.42 Å². The fourth-order valence-corrected chi connectivity index (χ4v) is 2.27. The third-order valence-electron chi connectivity index (χ3n) is 2.22. The van der Waals surface area contributed by atoms with Crippen molar-refractivity contribution < 1.29 is 0 Å². The standard InChI is InChI=1S/C11H13N3S/c1-2-9-10(14-11(13)15-9)7-3-5-8(12)6-4-7/h3-6H,2,12H2,1H3,(H2,13,14). The molecular weight excluding hydrogens is 206 g/mol. The lowest BCUT2D eigenvalue weighted by atomic mass is 10.1. The number of hydrogen-bond acceptors (Lipinski definition) is 4. The molecule has 0 saturated heterocycles. The number of anilines is 2. The lowest BCUT2D eigenvalue weighted by molar-refractivity contribution is 1.17. The largest absolute Gasteiger partial charge is 0.399 e. The molecule has 4 heteroatoms. The SMILES string of the molecule is CCc1sc(N)nc1-c1ccc(N)cc1. The molecule has 0 aliphatic carbocycles. The maximum atomic E-state index is 5.70. The Kier molecular flexibility index (Phi) is 2.60. The van der Waals surface area contributed by atoms with Gasteiger partial charge in [-0.3, -0.25) is 0 Å². The highest BCUT2D eigenvalue weighted by Gasteiger charge is 2.09. The Balaban J connectivity index is 2.48. The van der Waals surface area contributed by atoms with E-state index in [1.165, 1.54) is 4.88 Å². The van der Waals surface area contributed by atoms with Crippen LogP contribution in [0.15, 0.2) is 24.3 Å². The molecule has 3 nitrogen and oxygen atoms in total. The summed E-state index contributed by atoms with van der Waals surface area (Å²) in [5.41, 5.74) is 14.2. The van der Waals surface area contributed by atoms with E-state index in [1.807, 2.05) is 24.3 Å². The van der Waals surface area contributed by atoms with Gasteiger partial charge in [-0.1, -0.05) is 19.1 Å². The van der Waals surface area contributed by atoms with Crippen LogP contribution in [0.4, 0.5) is 10.8 Å². The summed E-state index contributed by atoms with van der Waals surface area (Å²) in [4.78, 5) is 5.56. The monoisotopic (exact) mass is 219 g/mol. The van der Waals surface area contributed by atoms with Crippen molar-refractivity contribution >= 4 is 22.2 Å². The summed E-state index contributed by atoms with van der Waals surface area (Å²) in [7, 11) is 0. The molecule has 0 bridgehead atoms. The predicted molar refractivity (Wildman–Crippen MR) is 65.8 cm³/mol. The highest BCUT2D eigenvalue weighted by Crippen LogP contribution is 2.30. The van der Waals surface area contributed by atoms with E-state index in [1.54, 1.807) is 11.3 Å². The summed E-state index contributed by atoms with van der Waals surface area (Å²) < 4.78 is 0. The first kappa shape index (κ1) is 9.98. The third kappa shape index (κ3) is 1.94. The number of thiazole rings is 1. The highest BCUT2D eigenvalue weighted by atomic mass is 32.1. The number of hydrogen-bond donors (Lipinski definition) is 2. The molecule has 78 valence electrons. The lowest BCUT2D eigenvalue weighted by Crippen LogP contribution is -1.87. The minimum absolute atomic E-state index is 0.624. The quantitative estimate of drug-likeness (QED) is 0.763. The fraction of sp³-hybridized carbons (Fsp3) is 0.182. The van der Waals surface area contributed by atoms with E-state index >= 15 is 0 Å². The Bertz CT molecular complexity index is 459. The molecule has 4 N–H and O–H groups in total. The van der Waals surface area contributed by atoms with Gasteiger partial charge in [0.05, 0.1) is 5.69 Å². The van der Waals surface area contributed by atoms with Crippen LogP contribution >= 0.6 is 11.3 Å².